The second-order valence-corrected chi connectivity index (χ2v) is 6.85. The fourth-order valence-corrected chi connectivity index (χ4v) is 3.70. The van der Waals surface area contributed by atoms with Gasteiger partial charge in [0.15, 0.2) is 0 Å². The number of para-hydroxylation sites is 1. The van der Waals surface area contributed by atoms with Gasteiger partial charge in [0.1, 0.15) is 16.9 Å². The van der Waals surface area contributed by atoms with Gasteiger partial charge in [-0.2, -0.15) is 5.10 Å². The van der Waals surface area contributed by atoms with Crippen molar-refractivity contribution in [3.05, 3.63) is 60.3 Å². The smallest absolute Gasteiger partial charge is 0.230 e. The van der Waals surface area contributed by atoms with E-state index >= 15 is 0 Å². The molecule has 126 valence electrons. The number of carbonyl (C=O) groups is 1. The van der Waals surface area contributed by atoms with Crippen LogP contribution >= 0.6 is 11.8 Å². The summed E-state index contributed by atoms with van der Waals surface area (Å²) in [6, 6.07) is 15.9. The Bertz CT molecular complexity index is 886. The molecule has 2 aromatic carbocycles. The molecule has 0 fully saturated rings. The van der Waals surface area contributed by atoms with Gasteiger partial charge in [0, 0.05) is 17.2 Å². The first-order valence-electron chi connectivity index (χ1n) is 8.14. The van der Waals surface area contributed by atoms with Crippen LogP contribution in [0.3, 0.4) is 0 Å². The van der Waals surface area contributed by atoms with Gasteiger partial charge in [-0.3, -0.25) is 4.79 Å². The monoisotopic (exact) mass is 351 g/mol. The van der Waals surface area contributed by atoms with Gasteiger partial charge >= 0.3 is 0 Å². The maximum atomic E-state index is 12.1. The number of rotatable bonds is 5. The molecular weight excluding hydrogens is 334 g/mol. The number of fused-ring (bicyclic) bond motifs is 2. The zero-order valence-electron chi connectivity index (χ0n) is 13.5. The van der Waals surface area contributed by atoms with E-state index in [1.54, 1.807) is 6.20 Å². The molecule has 5 nitrogen and oxygen atoms in total. The molecule has 25 heavy (non-hydrogen) atoms. The number of thioether (sulfide) groups is 1. The number of ether oxygens (including phenoxy) is 1. The van der Waals surface area contributed by atoms with Gasteiger partial charge in [0.2, 0.25) is 5.91 Å². The van der Waals surface area contributed by atoms with E-state index in [9.17, 15) is 4.79 Å². The molecule has 3 aromatic rings. The molecule has 1 unspecified atom stereocenters. The highest BCUT2D eigenvalue weighted by molar-refractivity contribution is 8.00. The molecule has 0 aliphatic carbocycles. The zero-order chi connectivity index (χ0) is 17.1. The molecule has 0 radical (unpaired) electrons. The molecule has 4 rings (SSSR count). The normalized spacial score (nSPS) is 15.6. The quantitative estimate of drug-likeness (QED) is 0.716. The van der Waals surface area contributed by atoms with E-state index in [0.717, 1.165) is 28.0 Å². The number of amides is 1. The van der Waals surface area contributed by atoms with E-state index in [0.29, 0.717) is 12.3 Å². The topological polar surface area (TPSA) is 64.1 Å². The Hall–Kier alpha value is -2.60. The first-order chi connectivity index (χ1) is 12.3. The Morgan fingerprint density at radius 2 is 2.04 bits per heavy atom. The average Bonchev–Trinajstić information content (AvgIpc) is 3.07. The molecule has 0 spiro atoms. The van der Waals surface area contributed by atoms with E-state index in [2.05, 4.69) is 21.6 Å². The highest BCUT2D eigenvalue weighted by atomic mass is 32.2. The minimum Gasteiger partial charge on any atom is -0.488 e. The maximum absolute atomic E-state index is 12.1. The summed E-state index contributed by atoms with van der Waals surface area (Å²) in [6.07, 6.45) is 2.57. The van der Waals surface area contributed by atoms with Crippen molar-refractivity contribution in [2.24, 2.45) is 0 Å². The highest BCUT2D eigenvalue weighted by Gasteiger charge is 2.22. The summed E-state index contributed by atoms with van der Waals surface area (Å²) in [6.45, 7) is 0.509. The van der Waals surface area contributed by atoms with Gasteiger partial charge < -0.3 is 10.1 Å². The van der Waals surface area contributed by atoms with Gasteiger partial charge in [-0.25, -0.2) is 0 Å². The molecule has 0 bridgehead atoms. The van der Waals surface area contributed by atoms with Crippen LogP contribution in [0.15, 0.2) is 59.8 Å². The number of hydrogen-bond donors (Lipinski definition) is 1. The van der Waals surface area contributed by atoms with Crippen LogP contribution in [0.25, 0.3) is 10.8 Å². The van der Waals surface area contributed by atoms with Crippen LogP contribution in [0.4, 0.5) is 0 Å². The van der Waals surface area contributed by atoms with Crippen molar-refractivity contribution in [2.75, 3.05) is 12.3 Å². The maximum Gasteiger partial charge on any atom is 0.230 e. The van der Waals surface area contributed by atoms with Gasteiger partial charge in [-0.1, -0.05) is 54.2 Å². The number of benzene rings is 2. The number of nitrogens with zero attached hydrogens (tertiary/aromatic N) is 2. The Kier molecular flexibility index (Phi) is 4.52. The second-order valence-electron chi connectivity index (χ2n) is 5.88. The molecule has 1 N–H and O–H groups in total. The predicted molar refractivity (Wildman–Crippen MR) is 97.8 cm³/mol. The van der Waals surface area contributed by atoms with Gasteiger partial charge in [0.05, 0.1) is 18.5 Å². The molecule has 1 amide bonds. The van der Waals surface area contributed by atoms with Crippen LogP contribution in [0.1, 0.15) is 5.56 Å². The SMILES string of the molecule is O=C(CSc1nncc2ccccc12)NCC1Cc2ccccc2O1. The van der Waals surface area contributed by atoms with Crippen LogP contribution < -0.4 is 10.1 Å². The lowest BCUT2D eigenvalue weighted by molar-refractivity contribution is -0.118. The minimum atomic E-state index is -0.0284. The molecule has 6 heteroatoms. The molecule has 1 aliphatic rings. The molecule has 1 atom stereocenters. The van der Waals surface area contributed by atoms with Crippen molar-refractivity contribution in [3.63, 3.8) is 0 Å². The number of aromatic nitrogens is 2. The Morgan fingerprint density at radius 1 is 1.20 bits per heavy atom. The Morgan fingerprint density at radius 3 is 2.96 bits per heavy atom. The molecular formula is C19H17N3O2S. The summed E-state index contributed by atoms with van der Waals surface area (Å²) in [5.74, 6) is 1.20. The minimum absolute atomic E-state index is 0.00342. The number of carbonyl (C=O) groups excluding carboxylic acids is 1. The lowest BCUT2D eigenvalue weighted by atomic mass is 10.1. The number of hydrogen-bond acceptors (Lipinski definition) is 5. The van der Waals surface area contributed by atoms with E-state index in [-0.39, 0.29) is 12.0 Å². The van der Waals surface area contributed by atoms with Crippen LogP contribution in [0, 0.1) is 0 Å². The van der Waals surface area contributed by atoms with Gasteiger partial charge in [-0.15, -0.1) is 5.10 Å². The largest absolute Gasteiger partial charge is 0.488 e. The van der Waals surface area contributed by atoms with Crippen molar-refractivity contribution in [2.45, 2.75) is 17.6 Å². The first kappa shape index (κ1) is 15.9. The van der Waals surface area contributed by atoms with Gasteiger partial charge in [0.25, 0.3) is 0 Å². The fourth-order valence-electron chi connectivity index (χ4n) is 2.89. The van der Waals surface area contributed by atoms with Crippen LogP contribution in [-0.4, -0.2) is 34.5 Å². The summed E-state index contributed by atoms with van der Waals surface area (Å²) in [7, 11) is 0. The van der Waals surface area contributed by atoms with Crippen LogP contribution in [-0.2, 0) is 11.2 Å². The number of nitrogens with one attached hydrogen (secondary N) is 1. The third-order valence-electron chi connectivity index (χ3n) is 4.12. The summed E-state index contributed by atoms with van der Waals surface area (Å²) in [5.41, 5.74) is 1.20. The van der Waals surface area contributed by atoms with Crippen molar-refractivity contribution in [1.29, 1.82) is 0 Å². The van der Waals surface area contributed by atoms with Crippen molar-refractivity contribution in [1.82, 2.24) is 15.5 Å². The fraction of sp³-hybridized carbons (Fsp3) is 0.211. The average molecular weight is 351 g/mol. The third-order valence-corrected chi connectivity index (χ3v) is 5.10. The zero-order valence-corrected chi connectivity index (χ0v) is 14.3. The molecule has 0 saturated carbocycles. The van der Waals surface area contributed by atoms with E-state index < -0.39 is 0 Å². The van der Waals surface area contributed by atoms with E-state index in [1.165, 1.54) is 17.3 Å². The lowest BCUT2D eigenvalue weighted by Gasteiger charge is -2.12. The van der Waals surface area contributed by atoms with Crippen molar-refractivity contribution < 1.29 is 9.53 Å². The third kappa shape index (κ3) is 3.58. The summed E-state index contributed by atoms with van der Waals surface area (Å²) in [4.78, 5) is 12.1. The van der Waals surface area contributed by atoms with E-state index in [1.807, 2.05) is 42.5 Å². The van der Waals surface area contributed by atoms with Crippen LogP contribution in [0.2, 0.25) is 0 Å². The Balaban J connectivity index is 1.30. The lowest BCUT2D eigenvalue weighted by Crippen LogP contribution is -2.35. The standard InChI is InChI=1S/C19H17N3O2S/c23-18(20-11-15-9-13-5-2-4-8-17(13)24-15)12-25-19-16-7-3-1-6-14(16)10-21-22-19/h1-8,10,15H,9,11-12H2,(H,20,23). The van der Waals surface area contributed by atoms with Crippen molar-refractivity contribution >= 4 is 28.4 Å². The van der Waals surface area contributed by atoms with E-state index in [4.69, 9.17) is 4.74 Å². The Labute approximate surface area is 149 Å². The first-order valence-corrected chi connectivity index (χ1v) is 9.12. The molecule has 1 aliphatic heterocycles. The molecule has 0 saturated heterocycles. The highest BCUT2D eigenvalue weighted by Crippen LogP contribution is 2.28. The van der Waals surface area contributed by atoms with Crippen LogP contribution in [0.5, 0.6) is 5.75 Å². The van der Waals surface area contributed by atoms with Crippen molar-refractivity contribution in [3.8, 4) is 5.75 Å². The summed E-state index contributed by atoms with van der Waals surface area (Å²) >= 11 is 1.40. The van der Waals surface area contributed by atoms with Gasteiger partial charge in [-0.05, 0) is 11.6 Å². The summed E-state index contributed by atoms with van der Waals surface area (Å²) < 4.78 is 5.83. The molecule has 2 heterocycles. The molecule has 1 aromatic heterocycles. The summed E-state index contributed by atoms with van der Waals surface area (Å²) in [5, 5.41) is 13.9. The predicted octanol–water partition coefficient (Wildman–Crippen LogP) is 2.84. The second kappa shape index (κ2) is 7.11.